The van der Waals surface area contributed by atoms with Gasteiger partial charge in [0.05, 0.1) is 28.9 Å². The number of carboxylic acid groups (broad SMARTS) is 1. The lowest BCUT2D eigenvalue weighted by atomic mass is 9.97. The highest BCUT2D eigenvalue weighted by molar-refractivity contribution is 6.03. The molecule has 0 bridgehead atoms. The quantitative estimate of drug-likeness (QED) is 0.778. The van der Waals surface area contributed by atoms with E-state index in [1.807, 2.05) is 0 Å². The highest BCUT2D eigenvalue weighted by atomic mass is 16.4. The molecule has 2 aromatic heterocycles. The Hall–Kier alpha value is -2.15. The Morgan fingerprint density at radius 1 is 1.45 bits per heavy atom. The van der Waals surface area contributed by atoms with Gasteiger partial charge in [-0.3, -0.25) is 4.68 Å². The molecular formula is C13H18N4O3. The van der Waals surface area contributed by atoms with Crippen molar-refractivity contribution in [3.8, 4) is 0 Å². The first-order valence-electron chi connectivity index (χ1n) is 6.24. The highest BCUT2D eigenvalue weighted by Gasteiger charge is 2.27. The molecule has 0 amide bonds. The second-order valence-corrected chi connectivity index (χ2v) is 5.38. The molecule has 0 radical (unpaired) electrons. The van der Waals surface area contributed by atoms with Gasteiger partial charge in [-0.25, -0.2) is 9.78 Å². The monoisotopic (exact) mass is 278 g/mol. The van der Waals surface area contributed by atoms with E-state index in [9.17, 15) is 15.0 Å². The molecule has 0 fully saturated rings. The Morgan fingerprint density at radius 3 is 2.65 bits per heavy atom. The van der Waals surface area contributed by atoms with Gasteiger partial charge in [0.25, 0.3) is 0 Å². The smallest absolute Gasteiger partial charge is 0.339 e. The van der Waals surface area contributed by atoms with Crippen LogP contribution in [0, 0.1) is 0 Å². The molecule has 2 aromatic rings. The molecule has 3 N–H and O–H groups in total. The Kier molecular flexibility index (Phi) is 3.39. The van der Waals surface area contributed by atoms with Crippen molar-refractivity contribution in [1.82, 2.24) is 14.8 Å². The standard InChI is InChI=1S/C13H18N4O3/c1-7(18)13(2,3)16-10-8-6-15-17(4)11(8)14-5-9(10)12(19)20/h5-7,18H,1-4H3,(H,14,16)(H,19,20). The third kappa shape index (κ3) is 2.32. The number of carbonyl (C=O) groups is 1. The number of nitrogens with zero attached hydrogens (tertiary/aromatic N) is 3. The van der Waals surface area contributed by atoms with Gasteiger partial charge in [0, 0.05) is 13.2 Å². The van der Waals surface area contributed by atoms with E-state index in [1.54, 1.807) is 38.7 Å². The Balaban J connectivity index is 2.64. The van der Waals surface area contributed by atoms with E-state index >= 15 is 0 Å². The number of nitrogens with one attached hydrogen (secondary N) is 1. The van der Waals surface area contributed by atoms with Gasteiger partial charge in [0.15, 0.2) is 5.65 Å². The minimum atomic E-state index is -1.08. The van der Waals surface area contributed by atoms with Crippen LogP contribution in [-0.2, 0) is 7.05 Å². The van der Waals surface area contributed by atoms with E-state index < -0.39 is 17.6 Å². The Morgan fingerprint density at radius 2 is 2.10 bits per heavy atom. The fourth-order valence-corrected chi connectivity index (χ4v) is 1.82. The summed E-state index contributed by atoms with van der Waals surface area (Å²) in [7, 11) is 1.74. The summed E-state index contributed by atoms with van der Waals surface area (Å²) in [6, 6.07) is 0. The summed E-state index contributed by atoms with van der Waals surface area (Å²) in [6.45, 7) is 5.24. The first-order chi connectivity index (χ1) is 9.24. The van der Waals surface area contributed by atoms with E-state index in [2.05, 4.69) is 15.4 Å². The molecule has 0 aromatic carbocycles. The maximum Gasteiger partial charge on any atom is 0.339 e. The van der Waals surface area contributed by atoms with E-state index in [-0.39, 0.29) is 5.56 Å². The molecule has 1 unspecified atom stereocenters. The SMILES string of the molecule is CC(O)C(C)(C)Nc1c(C(=O)O)cnc2c1cnn2C. The first kappa shape index (κ1) is 14.3. The predicted molar refractivity (Wildman–Crippen MR) is 74.9 cm³/mol. The largest absolute Gasteiger partial charge is 0.478 e. The molecule has 0 aliphatic rings. The number of hydrogen-bond acceptors (Lipinski definition) is 5. The molecule has 0 aliphatic heterocycles. The molecule has 2 heterocycles. The zero-order chi connectivity index (χ0) is 15.1. The summed E-state index contributed by atoms with van der Waals surface area (Å²) >= 11 is 0. The van der Waals surface area contributed by atoms with E-state index in [0.717, 1.165) is 0 Å². The van der Waals surface area contributed by atoms with Crippen molar-refractivity contribution in [2.45, 2.75) is 32.4 Å². The minimum absolute atomic E-state index is 0.0548. The molecule has 2 rings (SSSR count). The number of anilines is 1. The summed E-state index contributed by atoms with van der Waals surface area (Å²) in [5.41, 5.74) is 0.369. The molecule has 20 heavy (non-hydrogen) atoms. The van der Waals surface area contributed by atoms with E-state index in [1.165, 1.54) is 6.20 Å². The van der Waals surface area contributed by atoms with Crippen molar-refractivity contribution in [3.63, 3.8) is 0 Å². The summed E-state index contributed by atoms with van der Waals surface area (Å²) in [5, 5.41) is 26.9. The second kappa shape index (κ2) is 4.75. The van der Waals surface area contributed by atoms with Crippen molar-refractivity contribution in [1.29, 1.82) is 0 Å². The average molecular weight is 278 g/mol. The summed E-state index contributed by atoms with van der Waals surface area (Å²) in [6.07, 6.45) is 2.20. The van der Waals surface area contributed by atoms with Gasteiger partial charge in [0.2, 0.25) is 0 Å². The molecular weight excluding hydrogens is 260 g/mol. The van der Waals surface area contributed by atoms with E-state index in [4.69, 9.17) is 0 Å². The number of aryl methyl sites for hydroxylation is 1. The Bertz CT molecular complexity index is 661. The zero-order valence-electron chi connectivity index (χ0n) is 11.9. The lowest BCUT2D eigenvalue weighted by Gasteiger charge is -2.31. The van der Waals surface area contributed by atoms with Crippen LogP contribution in [0.15, 0.2) is 12.4 Å². The number of fused-ring (bicyclic) bond motifs is 1. The third-order valence-electron chi connectivity index (χ3n) is 3.48. The lowest BCUT2D eigenvalue weighted by Crippen LogP contribution is -2.42. The van der Waals surface area contributed by atoms with Gasteiger partial charge in [-0.2, -0.15) is 5.10 Å². The van der Waals surface area contributed by atoms with Gasteiger partial charge < -0.3 is 15.5 Å². The van der Waals surface area contributed by atoms with Crippen molar-refractivity contribution >= 4 is 22.7 Å². The first-order valence-corrected chi connectivity index (χ1v) is 6.24. The maximum absolute atomic E-state index is 11.4. The van der Waals surface area contributed by atoms with E-state index in [0.29, 0.717) is 16.7 Å². The van der Waals surface area contributed by atoms with Crippen LogP contribution in [0.2, 0.25) is 0 Å². The second-order valence-electron chi connectivity index (χ2n) is 5.38. The van der Waals surface area contributed by atoms with Crippen LogP contribution >= 0.6 is 0 Å². The summed E-state index contributed by atoms with van der Waals surface area (Å²) < 4.78 is 1.57. The van der Waals surface area contributed by atoms with Gasteiger partial charge in [-0.1, -0.05) is 0 Å². The average Bonchev–Trinajstić information content (AvgIpc) is 2.71. The molecule has 0 saturated carbocycles. The number of aromatic nitrogens is 3. The Labute approximate surface area is 116 Å². The molecule has 108 valence electrons. The highest BCUT2D eigenvalue weighted by Crippen LogP contribution is 2.29. The number of carboxylic acids is 1. The summed E-state index contributed by atoms with van der Waals surface area (Å²) in [4.78, 5) is 15.5. The molecule has 7 heteroatoms. The van der Waals surface area contributed by atoms with Gasteiger partial charge in [0.1, 0.15) is 5.56 Å². The van der Waals surface area contributed by atoms with Crippen LogP contribution in [0.25, 0.3) is 11.0 Å². The molecule has 7 nitrogen and oxygen atoms in total. The number of hydrogen-bond donors (Lipinski definition) is 3. The van der Waals surface area contributed by atoms with Crippen molar-refractivity contribution in [2.24, 2.45) is 7.05 Å². The number of aliphatic hydroxyl groups is 1. The molecule has 0 spiro atoms. The van der Waals surface area contributed by atoms with Gasteiger partial charge in [-0.05, 0) is 20.8 Å². The van der Waals surface area contributed by atoms with Crippen molar-refractivity contribution in [3.05, 3.63) is 18.0 Å². The molecule has 1 atom stereocenters. The third-order valence-corrected chi connectivity index (χ3v) is 3.48. The minimum Gasteiger partial charge on any atom is -0.478 e. The summed E-state index contributed by atoms with van der Waals surface area (Å²) in [5.74, 6) is -1.08. The number of pyridine rings is 1. The predicted octanol–water partition coefficient (Wildman–Crippen LogP) is 1.24. The maximum atomic E-state index is 11.4. The number of aliphatic hydroxyl groups excluding tert-OH is 1. The van der Waals surface area contributed by atoms with Crippen molar-refractivity contribution in [2.75, 3.05) is 5.32 Å². The topological polar surface area (TPSA) is 100 Å². The van der Waals surface area contributed by atoms with Crippen LogP contribution in [0.1, 0.15) is 31.1 Å². The van der Waals surface area contributed by atoms with Crippen LogP contribution in [0.4, 0.5) is 5.69 Å². The lowest BCUT2D eigenvalue weighted by molar-refractivity contribution is 0.0697. The van der Waals surface area contributed by atoms with Gasteiger partial charge in [-0.15, -0.1) is 0 Å². The van der Waals surface area contributed by atoms with Crippen LogP contribution in [0.5, 0.6) is 0 Å². The number of rotatable bonds is 4. The zero-order valence-corrected chi connectivity index (χ0v) is 11.9. The van der Waals surface area contributed by atoms with Gasteiger partial charge >= 0.3 is 5.97 Å². The van der Waals surface area contributed by atoms with Crippen LogP contribution in [-0.4, -0.2) is 42.6 Å². The molecule has 0 saturated heterocycles. The van der Waals surface area contributed by atoms with Crippen molar-refractivity contribution < 1.29 is 15.0 Å². The number of aromatic carboxylic acids is 1. The fourth-order valence-electron chi connectivity index (χ4n) is 1.82. The van der Waals surface area contributed by atoms with Crippen LogP contribution < -0.4 is 5.32 Å². The fraction of sp³-hybridized carbons (Fsp3) is 0.462. The van der Waals surface area contributed by atoms with Crippen LogP contribution in [0.3, 0.4) is 0 Å². The normalized spacial score (nSPS) is 13.4. The molecule has 0 aliphatic carbocycles.